The Hall–Kier alpha value is -3.89. The average Bonchev–Trinajstić information content (AvgIpc) is 3.26. The third kappa shape index (κ3) is 4.87. The summed E-state index contributed by atoms with van der Waals surface area (Å²) in [5.41, 5.74) is 3.02. The van der Waals surface area contributed by atoms with Gasteiger partial charge in [-0.3, -0.25) is 10.1 Å². The summed E-state index contributed by atoms with van der Waals surface area (Å²) in [7, 11) is 4.58. The first-order valence-electron chi connectivity index (χ1n) is 9.97. The number of hydrogen-bond donors (Lipinski definition) is 2. The summed E-state index contributed by atoms with van der Waals surface area (Å²) < 4.78 is 15.6. The van der Waals surface area contributed by atoms with Crippen LogP contribution >= 0.6 is 23.8 Å². The Labute approximate surface area is 205 Å². The van der Waals surface area contributed by atoms with Crippen LogP contribution in [0.4, 0.5) is 5.69 Å². The van der Waals surface area contributed by atoms with Gasteiger partial charge in [-0.1, -0.05) is 11.6 Å². The molecule has 3 aromatic carbocycles. The molecule has 0 spiro atoms. The van der Waals surface area contributed by atoms with E-state index in [1.165, 1.54) is 19.0 Å². The van der Waals surface area contributed by atoms with Crippen molar-refractivity contribution in [2.45, 2.75) is 0 Å². The van der Waals surface area contributed by atoms with E-state index in [0.29, 0.717) is 50.2 Å². The van der Waals surface area contributed by atoms with Crippen molar-refractivity contribution < 1.29 is 19.0 Å². The fourth-order valence-electron chi connectivity index (χ4n) is 3.20. The van der Waals surface area contributed by atoms with Crippen molar-refractivity contribution in [3.8, 4) is 22.9 Å². The number of nitrogens with zero attached hydrogens (tertiary/aromatic N) is 3. The van der Waals surface area contributed by atoms with Gasteiger partial charge in [0.15, 0.2) is 16.6 Å². The van der Waals surface area contributed by atoms with Crippen LogP contribution in [-0.2, 0) is 0 Å². The Morgan fingerprint density at radius 2 is 1.59 bits per heavy atom. The summed E-state index contributed by atoms with van der Waals surface area (Å²) in [5.74, 6) is 1.15. The highest BCUT2D eigenvalue weighted by Crippen LogP contribution is 2.28. The number of aromatic nitrogens is 3. The second-order valence-corrected chi connectivity index (χ2v) is 7.81. The number of carbonyl (C=O) groups is 1. The number of nitrogens with one attached hydrogen (secondary N) is 2. The molecule has 9 nitrogen and oxygen atoms in total. The van der Waals surface area contributed by atoms with Crippen LogP contribution < -0.4 is 24.8 Å². The number of ether oxygens (including phenoxy) is 3. The van der Waals surface area contributed by atoms with Crippen molar-refractivity contribution in [1.82, 2.24) is 20.3 Å². The zero-order chi connectivity index (χ0) is 24.2. The molecule has 4 rings (SSSR count). The molecule has 0 saturated heterocycles. The molecule has 0 saturated carbocycles. The molecule has 1 heterocycles. The predicted molar refractivity (Wildman–Crippen MR) is 134 cm³/mol. The van der Waals surface area contributed by atoms with E-state index in [1.807, 2.05) is 6.07 Å². The van der Waals surface area contributed by atoms with Crippen LogP contribution in [0.1, 0.15) is 10.4 Å². The Morgan fingerprint density at radius 3 is 2.29 bits per heavy atom. The number of thiocarbonyl (C=S) groups is 1. The monoisotopic (exact) mass is 497 g/mol. The fourth-order valence-corrected chi connectivity index (χ4v) is 3.67. The topological polar surface area (TPSA) is 99.5 Å². The van der Waals surface area contributed by atoms with Gasteiger partial charge in [-0.15, -0.1) is 10.2 Å². The van der Waals surface area contributed by atoms with Crippen molar-refractivity contribution in [3.63, 3.8) is 0 Å². The van der Waals surface area contributed by atoms with Gasteiger partial charge in [-0.2, -0.15) is 4.80 Å². The van der Waals surface area contributed by atoms with Crippen molar-refractivity contribution in [2.24, 2.45) is 0 Å². The molecule has 34 heavy (non-hydrogen) atoms. The molecule has 2 N–H and O–H groups in total. The van der Waals surface area contributed by atoms with Crippen molar-refractivity contribution >= 4 is 51.6 Å². The fraction of sp³-hybridized carbons (Fsp3) is 0.130. The first-order valence-corrected chi connectivity index (χ1v) is 10.8. The van der Waals surface area contributed by atoms with Gasteiger partial charge in [0.05, 0.1) is 32.0 Å². The van der Waals surface area contributed by atoms with E-state index in [0.717, 1.165) is 0 Å². The minimum Gasteiger partial charge on any atom is -0.495 e. The zero-order valence-electron chi connectivity index (χ0n) is 18.5. The van der Waals surface area contributed by atoms with Gasteiger partial charge in [0, 0.05) is 11.3 Å². The molecule has 0 aliphatic rings. The van der Waals surface area contributed by atoms with E-state index in [9.17, 15) is 4.79 Å². The van der Waals surface area contributed by atoms with Gasteiger partial charge in [-0.05, 0) is 66.8 Å². The SMILES string of the molecule is COc1ccc(-n2nc3ccc(NC(=S)NC(=O)c4ccc(OC)c(OC)c4)cc3n2)cc1Cl. The molecule has 0 aliphatic heterocycles. The number of hydrogen-bond acceptors (Lipinski definition) is 7. The molecule has 0 fully saturated rings. The van der Waals surface area contributed by atoms with E-state index < -0.39 is 0 Å². The highest BCUT2D eigenvalue weighted by Gasteiger charge is 2.13. The molecule has 1 amide bonds. The summed E-state index contributed by atoms with van der Waals surface area (Å²) in [5, 5.41) is 15.2. The molecular weight excluding hydrogens is 478 g/mol. The Kier molecular flexibility index (Phi) is 6.80. The van der Waals surface area contributed by atoms with Crippen molar-refractivity contribution in [1.29, 1.82) is 0 Å². The molecule has 4 aromatic rings. The number of amides is 1. The third-order valence-corrected chi connectivity index (χ3v) is 5.38. The van der Waals surface area contributed by atoms with Crippen LogP contribution in [0.15, 0.2) is 54.6 Å². The molecule has 0 atom stereocenters. The van der Waals surface area contributed by atoms with Gasteiger partial charge >= 0.3 is 0 Å². The Balaban J connectivity index is 1.47. The summed E-state index contributed by atoms with van der Waals surface area (Å²) in [4.78, 5) is 14.1. The second kappa shape index (κ2) is 9.94. The van der Waals surface area contributed by atoms with Crippen LogP contribution in [0.5, 0.6) is 17.2 Å². The van der Waals surface area contributed by atoms with Crippen molar-refractivity contribution in [3.05, 3.63) is 65.2 Å². The Morgan fingerprint density at radius 1 is 0.882 bits per heavy atom. The maximum absolute atomic E-state index is 12.6. The first kappa shape index (κ1) is 23.3. The van der Waals surface area contributed by atoms with E-state index in [1.54, 1.807) is 55.6 Å². The highest BCUT2D eigenvalue weighted by atomic mass is 35.5. The van der Waals surface area contributed by atoms with E-state index >= 15 is 0 Å². The molecule has 174 valence electrons. The lowest BCUT2D eigenvalue weighted by molar-refractivity contribution is 0.0977. The highest BCUT2D eigenvalue weighted by molar-refractivity contribution is 7.80. The lowest BCUT2D eigenvalue weighted by Gasteiger charge is -2.11. The second-order valence-electron chi connectivity index (χ2n) is 6.99. The number of methoxy groups -OCH3 is 3. The van der Waals surface area contributed by atoms with Gasteiger partial charge < -0.3 is 19.5 Å². The normalized spacial score (nSPS) is 10.6. The minimum absolute atomic E-state index is 0.133. The first-order chi connectivity index (χ1) is 16.4. The van der Waals surface area contributed by atoms with E-state index in [2.05, 4.69) is 20.8 Å². The van der Waals surface area contributed by atoms with E-state index in [-0.39, 0.29) is 11.0 Å². The smallest absolute Gasteiger partial charge is 0.257 e. The van der Waals surface area contributed by atoms with Crippen LogP contribution in [0.25, 0.3) is 16.7 Å². The standard InChI is InChI=1S/C23H20ClN5O4S/c1-31-19-9-6-15(12-16(19)24)29-27-17-7-5-14(11-18(17)28-29)25-23(34)26-22(30)13-4-8-20(32-2)21(10-13)33-3/h4-12H,1-3H3,(H2,25,26,30,34). The molecule has 0 radical (unpaired) electrons. The molecule has 0 bridgehead atoms. The number of rotatable bonds is 6. The zero-order valence-corrected chi connectivity index (χ0v) is 20.0. The largest absolute Gasteiger partial charge is 0.495 e. The van der Waals surface area contributed by atoms with Gasteiger partial charge in [-0.25, -0.2) is 0 Å². The molecule has 0 aliphatic carbocycles. The molecule has 1 aromatic heterocycles. The van der Waals surface area contributed by atoms with Gasteiger partial charge in [0.1, 0.15) is 16.8 Å². The molecular formula is C23H20ClN5O4S. The van der Waals surface area contributed by atoms with Crippen LogP contribution in [0, 0.1) is 0 Å². The summed E-state index contributed by atoms with van der Waals surface area (Å²) >= 11 is 11.5. The number of halogens is 1. The van der Waals surface area contributed by atoms with Crippen LogP contribution in [0.3, 0.4) is 0 Å². The summed E-state index contributed by atoms with van der Waals surface area (Å²) in [6.45, 7) is 0. The van der Waals surface area contributed by atoms with E-state index in [4.69, 9.17) is 38.0 Å². The summed E-state index contributed by atoms with van der Waals surface area (Å²) in [6.07, 6.45) is 0. The quantitative estimate of drug-likeness (QED) is 0.382. The van der Waals surface area contributed by atoms with Crippen LogP contribution in [0.2, 0.25) is 5.02 Å². The maximum Gasteiger partial charge on any atom is 0.257 e. The lowest BCUT2D eigenvalue weighted by atomic mass is 10.2. The number of anilines is 1. The Bertz CT molecular complexity index is 1390. The summed E-state index contributed by atoms with van der Waals surface area (Å²) in [6, 6.07) is 15.5. The minimum atomic E-state index is -0.387. The lowest BCUT2D eigenvalue weighted by Crippen LogP contribution is -2.34. The third-order valence-electron chi connectivity index (χ3n) is 4.88. The molecule has 11 heteroatoms. The van der Waals surface area contributed by atoms with Crippen LogP contribution in [-0.4, -0.2) is 47.3 Å². The maximum atomic E-state index is 12.6. The number of benzene rings is 3. The van der Waals surface area contributed by atoms with Crippen molar-refractivity contribution in [2.75, 3.05) is 26.6 Å². The molecule has 0 unspecified atom stereocenters. The van der Waals surface area contributed by atoms with Gasteiger partial charge in [0.2, 0.25) is 0 Å². The average molecular weight is 498 g/mol. The number of carbonyl (C=O) groups excluding carboxylic acids is 1. The van der Waals surface area contributed by atoms with Gasteiger partial charge in [0.25, 0.3) is 5.91 Å². The number of fused-ring (bicyclic) bond motifs is 1. The predicted octanol–water partition coefficient (Wildman–Crippen LogP) is 4.23.